The minimum absolute atomic E-state index is 0.184. The van der Waals surface area contributed by atoms with Crippen molar-refractivity contribution in [1.82, 2.24) is 24.6 Å². The number of imidazole rings is 1. The molecule has 0 bridgehead atoms. The number of nitrogens with one attached hydrogen (secondary N) is 1. The van der Waals surface area contributed by atoms with Crippen LogP contribution in [0.2, 0.25) is 0 Å². The molecule has 260 valence electrons. The van der Waals surface area contributed by atoms with Gasteiger partial charge in [0.1, 0.15) is 29.3 Å². The van der Waals surface area contributed by atoms with Gasteiger partial charge >= 0.3 is 12.6 Å². The smallest absolute Gasteiger partial charge is 0.323 e. The standard InChI is InChI=1S/C32H41ClFN6O6PS/c1-19(30(42)43-16-31(3,4)5)38-47(48,46-23-14-10-12-21-11-8-9-13-22(21)23)44-17-32(15-33)26(41)24(34)29(45-32)40-18-35-25-27(39(6)7)36-20(2)37-28(25)40/h8-14,18-19,24,26,29,41H,15-17H2,1-7H3,(H,38,48)/t19-,24+,26+,29-,32-,47?/m1/s1. The van der Waals surface area contributed by atoms with Gasteiger partial charge in [0.2, 0.25) is 0 Å². The number of aliphatic hydroxyl groups excluding tert-OH is 1. The van der Waals surface area contributed by atoms with Gasteiger partial charge in [-0.05, 0) is 42.5 Å². The van der Waals surface area contributed by atoms with Crippen LogP contribution in [0.3, 0.4) is 0 Å². The third kappa shape index (κ3) is 7.60. The second kappa shape index (κ2) is 14.1. The number of carbonyl (C=O) groups excluding carboxylic acids is 1. The van der Waals surface area contributed by atoms with E-state index in [0.717, 1.165) is 10.8 Å². The van der Waals surface area contributed by atoms with E-state index in [4.69, 9.17) is 41.9 Å². The molecule has 4 aromatic rings. The Hall–Kier alpha value is -2.97. The Kier molecular flexibility index (Phi) is 10.7. The monoisotopic (exact) mass is 722 g/mol. The summed E-state index contributed by atoms with van der Waals surface area (Å²) in [5.41, 5.74) is -1.26. The molecule has 2 N–H and O–H groups in total. The Balaban J connectivity index is 1.44. The number of aliphatic hydroxyl groups is 1. The fourth-order valence-electron chi connectivity index (χ4n) is 5.20. The van der Waals surface area contributed by atoms with Crippen molar-refractivity contribution < 1.29 is 32.8 Å². The summed E-state index contributed by atoms with van der Waals surface area (Å²) in [4.78, 5) is 28.1. The van der Waals surface area contributed by atoms with Gasteiger partial charge in [-0.15, -0.1) is 11.6 Å². The average Bonchev–Trinajstić information content (AvgIpc) is 3.56. The van der Waals surface area contributed by atoms with Crippen molar-refractivity contribution in [3.8, 4) is 5.75 Å². The first kappa shape index (κ1) is 36.3. The SMILES string of the molecule is Cc1nc(N(C)C)c2ncn([C@@H]3O[C@](CCl)(COP(=S)(N[C@H](C)C(=O)OCC(C)(C)C)Oc4cccc5ccccc45)[C@@H](O)[C@@H]3F)c2n1. The molecule has 1 fully saturated rings. The number of hydrogen-bond acceptors (Lipinski definition) is 11. The van der Waals surface area contributed by atoms with E-state index in [1.54, 1.807) is 24.8 Å². The van der Waals surface area contributed by atoms with Crippen molar-refractivity contribution in [1.29, 1.82) is 0 Å². The number of fused-ring (bicyclic) bond motifs is 2. The summed E-state index contributed by atoms with van der Waals surface area (Å²) in [5, 5.41) is 16.0. The first-order valence-electron chi connectivity index (χ1n) is 15.4. The number of aromatic nitrogens is 4. The predicted molar refractivity (Wildman–Crippen MR) is 187 cm³/mol. The molecule has 12 nitrogen and oxygen atoms in total. The number of alkyl halides is 2. The van der Waals surface area contributed by atoms with Crippen molar-refractivity contribution in [2.45, 2.75) is 64.8 Å². The van der Waals surface area contributed by atoms with Crippen molar-refractivity contribution in [2.24, 2.45) is 5.41 Å². The van der Waals surface area contributed by atoms with Crippen LogP contribution in [-0.4, -0.2) is 87.7 Å². The molecule has 2 aromatic carbocycles. The molecule has 48 heavy (non-hydrogen) atoms. The van der Waals surface area contributed by atoms with Crippen molar-refractivity contribution in [2.75, 3.05) is 38.1 Å². The topological polar surface area (TPSA) is 133 Å². The number of aryl methyl sites for hydroxylation is 1. The molecule has 5 rings (SSSR count). The number of esters is 1. The third-order valence-corrected chi connectivity index (χ3v) is 10.6. The zero-order valence-electron chi connectivity index (χ0n) is 27.9. The fraction of sp³-hybridized carbons (Fsp3) is 0.500. The highest BCUT2D eigenvalue weighted by Crippen LogP contribution is 2.50. The quantitative estimate of drug-likeness (QED) is 0.110. The zero-order chi connectivity index (χ0) is 35.0. The maximum atomic E-state index is 16.0. The highest BCUT2D eigenvalue weighted by atomic mass is 35.5. The van der Waals surface area contributed by atoms with Gasteiger partial charge in [-0.3, -0.25) is 9.36 Å². The van der Waals surface area contributed by atoms with E-state index in [1.807, 2.05) is 71.3 Å². The van der Waals surface area contributed by atoms with Gasteiger partial charge in [0.15, 0.2) is 29.4 Å². The molecule has 0 saturated carbocycles. The van der Waals surface area contributed by atoms with E-state index in [1.165, 1.54) is 10.9 Å². The maximum Gasteiger partial charge on any atom is 0.323 e. The number of halogens is 2. The molecule has 1 aliphatic rings. The van der Waals surface area contributed by atoms with E-state index in [9.17, 15) is 9.90 Å². The largest absolute Gasteiger partial charge is 0.464 e. The molecule has 0 spiro atoms. The van der Waals surface area contributed by atoms with E-state index < -0.39 is 49.4 Å². The molecule has 1 aliphatic heterocycles. The van der Waals surface area contributed by atoms with E-state index >= 15 is 4.39 Å². The minimum Gasteiger partial charge on any atom is -0.464 e. The van der Waals surface area contributed by atoms with Crippen LogP contribution in [0.25, 0.3) is 21.9 Å². The maximum absolute atomic E-state index is 16.0. The molecule has 0 radical (unpaired) electrons. The van der Waals surface area contributed by atoms with Crippen molar-refractivity contribution in [3.05, 3.63) is 54.6 Å². The lowest BCUT2D eigenvalue weighted by atomic mass is 9.99. The second-order valence-electron chi connectivity index (χ2n) is 13.3. The van der Waals surface area contributed by atoms with E-state index in [2.05, 4.69) is 20.0 Å². The minimum atomic E-state index is -3.65. The summed E-state index contributed by atoms with van der Waals surface area (Å²) in [7, 11) is 3.63. The van der Waals surface area contributed by atoms with Crippen LogP contribution in [0, 0.1) is 12.3 Å². The van der Waals surface area contributed by atoms with Gasteiger partial charge < -0.3 is 28.5 Å². The van der Waals surface area contributed by atoms with Crippen LogP contribution in [0.15, 0.2) is 48.8 Å². The molecule has 0 aliphatic carbocycles. The molecule has 2 aromatic heterocycles. The number of rotatable bonds is 12. The van der Waals surface area contributed by atoms with Crippen LogP contribution in [0.4, 0.5) is 10.2 Å². The molecular formula is C32H41ClFN6O6PS. The Morgan fingerprint density at radius 2 is 1.96 bits per heavy atom. The second-order valence-corrected chi connectivity index (χ2v) is 16.7. The van der Waals surface area contributed by atoms with Gasteiger partial charge in [0.25, 0.3) is 0 Å². The van der Waals surface area contributed by atoms with Gasteiger partial charge in [-0.1, -0.05) is 57.2 Å². The lowest BCUT2D eigenvalue weighted by molar-refractivity contribution is -0.148. The van der Waals surface area contributed by atoms with E-state index in [-0.39, 0.29) is 17.9 Å². The van der Waals surface area contributed by atoms with Crippen LogP contribution in [0.5, 0.6) is 5.75 Å². The van der Waals surface area contributed by atoms with Crippen molar-refractivity contribution >= 4 is 63.8 Å². The average molecular weight is 723 g/mol. The Morgan fingerprint density at radius 1 is 1.25 bits per heavy atom. The highest BCUT2D eigenvalue weighted by Gasteiger charge is 2.57. The summed E-state index contributed by atoms with van der Waals surface area (Å²) in [6, 6.07) is 12.1. The zero-order valence-corrected chi connectivity index (χ0v) is 30.4. The molecular weight excluding hydrogens is 682 g/mol. The number of ether oxygens (including phenoxy) is 2. The fourth-order valence-corrected chi connectivity index (χ4v) is 7.94. The lowest BCUT2D eigenvalue weighted by Crippen LogP contribution is -2.48. The molecule has 1 saturated heterocycles. The number of nitrogens with zero attached hydrogens (tertiary/aromatic N) is 5. The van der Waals surface area contributed by atoms with Crippen LogP contribution in [0.1, 0.15) is 39.7 Å². The Labute approximate surface area is 289 Å². The summed E-state index contributed by atoms with van der Waals surface area (Å²) < 4.78 is 41.8. The van der Waals surface area contributed by atoms with Gasteiger partial charge in [-0.2, -0.15) is 0 Å². The normalized spacial score (nSPS) is 23.2. The van der Waals surface area contributed by atoms with Gasteiger partial charge in [0.05, 0.1) is 25.4 Å². The van der Waals surface area contributed by atoms with Gasteiger partial charge in [0, 0.05) is 19.5 Å². The summed E-state index contributed by atoms with van der Waals surface area (Å²) in [6.07, 6.45) is -3.64. The predicted octanol–water partition coefficient (Wildman–Crippen LogP) is 5.45. The number of carbonyl (C=O) groups is 1. The Bertz CT molecular complexity index is 1840. The first-order valence-corrected chi connectivity index (χ1v) is 18.5. The molecule has 16 heteroatoms. The first-order chi connectivity index (χ1) is 22.6. The van der Waals surface area contributed by atoms with Crippen LogP contribution < -0.4 is 14.5 Å². The summed E-state index contributed by atoms with van der Waals surface area (Å²) >= 11 is 12.4. The van der Waals surface area contributed by atoms with Crippen molar-refractivity contribution in [3.63, 3.8) is 0 Å². The third-order valence-electron chi connectivity index (χ3n) is 7.71. The molecule has 6 atom stereocenters. The van der Waals surface area contributed by atoms with Crippen LogP contribution >= 0.6 is 18.2 Å². The molecule has 3 heterocycles. The highest BCUT2D eigenvalue weighted by molar-refractivity contribution is 8.09. The Morgan fingerprint density at radius 3 is 2.65 bits per heavy atom. The van der Waals surface area contributed by atoms with Gasteiger partial charge in [-0.25, -0.2) is 24.4 Å². The van der Waals surface area contributed by atoms with E-state index in [0.29, 0.717) is 28.6 Å². The van der Waals surface area contributed by atoms with Crippen LogP contribution in [-0.2, 0) is 30.6 Å². The summed E-state index contributed by atoms with van der Waals surface area (Å²) in [6.45, 7) is 5.20. The number of hydrogen-bond donors (Lipinski definition) is 2. The number of benzene rings is 2. The number of anilines is 1. The molecule has 0 amide bonds. The lowest BCUT2D eigenvalue weighted by Gasteiger charge is -2.33. The molecule has 1 unspecified atom stereocenters. The summed E-state index contributed by atoms with van der Waals surface area (Å²) in [5.74, 6) is 0.483.